The van der Waals surface area contributed by atoms with Crippen LogP contribution in [0.2, 0.25) is 0 Å². The molecule has 0 atom stereocenters. The molecule has 0 heterocycles. The number of anilines is 3. The van der Waals surface area contributed by atoms with Gasteiger partial charge in [-0.2, -0.15) is 0 Å². The topological polar surface area (TPSA) is 41.1 Å². The first kappa shape index (κ1) is 14.1. The van der Waals surface area contributed by atoms with Crippen LogP contribution in [-0.2, 0) is 4.79 Å². The van der Waals surface area contributed by atoms with Gasteiger partial charge in [0.1, 0.15) is 0 Å². The largest absolute Gasteiger partial charge is 0.355 e. The molecule has 104 valence electrons. The Hall–Kier alpha value is -2.29. The van der Waals surface area contributed by atoms with Crippen LogP contribution in [0.3, 0.4) is 0 Å². The molecule has 0 spiro atoms. The fourth-order valence-electron chi connectivity index (χ4n) is 2.04. The number of amides is 1. The van der Waals surface area contributed by atoms with Crippen LogP contribution >= 0.6 is 0 Å². The van der Waals surface area contributed by atoms with E-state index in [-0.39, 0.29) is 5.91 Å². The number of rotatable bonds is 4. The van der Waals surface area contributed by atoms with Gasteiger partial charge in [-0.1, -0.05) is 25.1 Å². The number of hydrogen-bond acceptors (Lipinski definition) is 2. The summed E-state index contributed by atoms with van der Waals surface area (Å²) in [5.41, 5.74) is 5.40. The number of carbonyl (C=O) groups excluding carboxylic acids is 1. The van der Waals surface area contributed by atoms with E-state index in [4.69, 9.17) is 0 Å². The SMILES string of the molecule is CCC(=O)Nc1ccc(Nc2c(C)cccc2C)cc1. The highest BCUT2D eigenvalue weighted by atomic mass is 16.1. The first-order chi connectivity index (χ1) is 9.60. The summed E-state index contributed by atoms with van der Waals surface area (Å²) >= 11 is 0. The maximum absolute atomic E-state index is 11.3. The second-order valence-electron chi connectivity index (χ2n) is 4.87. The number of hydrogen-bond donors (Lipinski definition) is 2. The van der Waals surface area contributed by atoms with E-state index in [9.17, 15) is 4.79 Å². The maximum Gasteiger partial charge on any atom is 0.224 e. The summed E-state index contributed by atoms with van der Waals surface area (Å²) in [6.45, 7) is 6.02. The van der Waals surface area contributed by atoms with Gasteiger partial charge >= 0.3 is 0 Å². The highest BCUT2D eigenvalue weighted by Crippen LogP contribution is 2.25. The monoisotopic (exact) mass is 268 g/mol. The van der Waals surface area contributed by atoms with E-state index in [0.29, 0.717) is 6.42 Å². The molecular formula is C17H20N2O. The minimum atomic E-state index is 0.0282. The molecular weight excluding hydrogens is 248 g/mol. The molecule has 20 heavy (non-hydrogen) atoms. The molecule has 2 aromatic carbocycles. The van der Waals surface area contributed by atoms with Crippen molar-refractivity contribution in [1.82, 2.24) is 0 Å². The van der Waals surface area contributed by atoms with Crippen molar-refractivity contribution in [2.24, 2.45) is 0 Å². The summed E-state index contributed by atoms with van der Waals surface area (Å²) < 4.78 is 0. The lowest BCUT2D eigenvalue weighted by Crippen LogP contribution is -2.09. The van der Waals surface area contributed by atoms with Crippen LogP contribution < -0.4 is 10.6 Å². The number of para-hydroxylation sites is 1. The summed E-state index contributed by atoms with van der Waals surface area (Å²) in [7, 11) is 0. The van der Waals surface area contributed by atoms with Crippen molar-refractivity contribution in [2.75, 3.05) is 10.6 Å². The average molecular weight is 268 g/mol. The number of aryl methyl sites for hydroxylation is 2. The van der Waals surface area contributed by atoms with Crippen LogP contribution in [-0.4, -0.2) is 5.91 Å². The zero-order valence-corrected chi connectivity index (χ0v) is 12.2. The van der Waals surface area contributed by atoms with Crippen LogP contribution in [0.25, 0.3) is 0 Å². The molecule has 0 aliphatic carbocycles. The van der Waals surface area contributed by atoms with Crippen LogP contribution in [0.1, 0.15) is 24.5 Å². The Morgan fingerprint density at radius 1 is 0.950 bits per heavy atom. The van der Waals surface area contributed by atoms with Crippen molar-refractivity contribution in [3.8, 4) is 0 Å². The summed E-state index contributed by atoms with van der Waals surface area (Å²) in [6, 6.07) is 14.0. The lowest BCUT2D eigenvalue weighted by molar-refractivity contribution is -0.115. The fourth-order valence-corrected chi connectivity index (χ4v) is 2.04. The molecule has 2 aromatic rings. The Labute approximate surface area is 120 Å². The van der Waals surface area contributed by atoms with E-state index >= 15 is 0 Å². The molecule has 0 saturated heterocycles. The molecule has 0 aliphatic heterocycles. The number of benzene rings is 2. The fraction of sp³-hybridized carbons (Fsp3) is 0.235. The average Bonchev–Trinajstić information content (AvgIpc) is 2.44. The number of nitrogens with one attached hydrogen (secondary N) is 2. The predicted octanol–water partition coefficient (Wildman–Crippen LogP) is 4.40. The van der Waals surface area contributed by atoms with Gasteiger partial charge in [-0.3, -0.25) is 4.79 Å². The molecule has 2 N–H and O–H groups in total. The normalized spacial score (nSPS) is 10.2. The minimum absolute atomic E-state index is 0.0282. The highest BCUT2D eigenvalue weighted by molar-refractivity contribution is 5.90. The number of carbonyl (C=O) groups is 1. The summed E-state index contributed by atoms with van der Waals surface area (Å²) in [5, 5.41) is 6.26. The molecule has 3 heteroatoms. The van der Waals surface area contributed by atoms with Crippen LogP contribution in [0, 0.1) is 13.8 Å². The van der Waals surface area contributed by atoms with Crippen LogP contribution in [0.4, 0.5) is 17.1 Å². The van der Waals surface area contributed by atoms with E-state index < -0.39 is 0 Å². The van der Waals surface area contributed by atoms with Gasteiger partial charge in [-0.25, -0.2) is 0 Å². The summed E-state index contributed by atoms with van der Waals surface area (Å²) in [5.74, 6) is 0.0282. The summed E-state index contributed by atoms with van der Waals surface area (Å²) in [6.07, 6.45) is 0.488. The molecule has 2 rings (SSSR count). The van der Waals surface area contributed by atoms with Crippen molar-refractivity contribution in [3.63, 3.8) is 0 Å². The van der Waals surface area contributed by atoms with Gasteiger partial charge < -0.3 is 10.6 Å². The van der Waals surface area contributed by atoms with Crippen molar-refractivity contribution < 1.29 is 4.79 Å². The molecule has 0 radical (unpaired) electrons. The Morgan fingerprint density at radius 3 is 2.05 bits per heavy atom. The lowest BCUT2D eigenvalue weighted by Gasteiger charge is -2.13. The van der Waals surface area contributed by atoms with Gasteiger partial charge in [0, 0.05) is 23.5 Å². The predicted molar refractivity (Wildman–Crippen MR) is 84.6 cm³/mol. The van der Waals surface area contributed by atoms with Gasteiger partial charge in [0.05, 0.1) is 0 Å². The van der Waals surface area contributed by atoms with E-state index in [1.807, 2.05) is 31.2 Å². The van der Waals surface area contributed by atoms with E-state index in [1.54, 1.807) is 0 Å². The molecule has 0 saturated carbocycles. The molecule has 3 nitrogen and oxygen atoms in total. The van der Waals surface area contributed by atoms with Gasteiger partial charge in [0.25, 0.3) is 0 Å². The van der Waals surface area contributed by atoms with E-state index in [2.05, 4.69) is 42.7 Å². The standard InChI is InChI=1S/C17H20N2O/c1-4-16(20)18-14-8-10-15(11-9-14)19-17-12(2)6-5-7-13(17)3/h5-11,19H,4H2,1-3H3,(H,18,20). The van der Waals surface area contributed by atoms with Crippen molar-refractivity contribution >= 4 is 23.0 Å². The molecule has 0 aromatic heterocycles. The molecule has 0 bridgehead atoms. The Morgan fingerprint density at radius 2 is 1.50 bits per heavy atom. The first-order valence-electron chi connectivity index (χ1n) is 6.83. The summed E-state index contributed by atoms with van der Waals surface area (Å²) in [4.78, 5) is 11.3. The second-order valence-corrected chi connectivity index (χ2v) is 4.87. The quantitative estimate of drug-likeness (QED) is 0.863. The van der Waals surface area contributed by atoms with Crippen molar-refractivity contribution in [3.05, 3.63) is 53.6 Å². The maximum atomic E-state index is 11.3. The zero-order chi connectivity index (χ0) is 14.5. The van der Waals surface area contributed by atoms with E-state index in [1.165, 1.54) is 11.1 Å². The zero-order valence-electron chi connectivity index (χ0n) is 12.2. The molecule has 0 aliphatic rings. The third-order valence-corrected chi connectivity index (χ3v) is 3.24. The van der Waals surface area contributed by atoms with Crippen LogP contribution in [0.5, 0.6) is 0 Å². The van der Waals surface area contributed by atoms with Gasteiger partial charge in [-0.05, 0) is 49.2 Å². The Kier molecular flexibility index (Phi) is 4.41. The van der Waals surface area contributed by atoms with Gasteiger partial charge in [0.2, 0.25) is 5.91 Å². The van der Waals surface area contributed by atoms with Gasteiger partial charge in [-0.15, -0.1) is 0 Å². The smallest absolute Gasteiger partial charge is 0.224 e. The third-order valence-electron chi connectivity index (χ3n) is 3.24. The molecule has 1 amide bonds. The Balaban J connectivity index is 2.13. The van der Waals surface area contributed by atoms with Gasteiger partial charge in [0.15, 0.2) is 0 Å². The molecule has 0 fully saturated rings. The minimum Gasteiger partial charge on any atom is -0.355 e. The first-order valence-corrected chi connectivity index (χ1v) is 6.83. The van der Waals surface area contributed by atoms with Crippen molar-refractivity contribution in [2.45, 2.75) is 27.2 Å². The second kappa shape index (κ2) is 6.24. The Bertz CT molecular complexity index is 583. The third kappa shape index (κ3) is 3.38. The molecule has 0 unspecified atom stereocenters. The van der Waals surface area contributed by atoms with Crippen molar-refractivity contribution in [1.29, 1.82) is 0 Å². The highest BCUT2D eigenvalue weighted by Gasteiger charge is 2.03. The van der Waals surface area contributed by atoms with Crippen LogP contribution in [0.15, 0.2) is 42.5 Å². The van der Waals surface area contributed by atoms with E-state index in [0.717, 1.165) is 17.1 Å². The lowest BCUT2D eigenvalue weighted by atomic mass is 10.1.